The Hall–Kier alpha value is -2.56. The van der Waals surface area contributed by atoms with Gasteiger partial charge in [-0.1, -0.05) is 12.1 Å². The van der Waals surface area contributed by atoms with Crippen LogP contribution in [0.3, 0.4) is 0 Å². The van der Waals surface area contributed by atoms with E-state index in [4.69, 9.17) is 9.47 Å². The topological polar surface area (TPSA) is 51.7 Å². The van der Waals surface area contributed by atoms with Crippen molar-refractivity contribution in [1.82, 2.24) is 4.98 Å². The van der Waals surface area contributed by atoms with E-state index in [9.17, 15) is 4.79 Å². The molecule has 1 aliphatic carbocycles. The summed E-state index contributed by atoms with van der Waals surface area (Å²) in [6, 6.07) is 11.2. The maximum atomic E-state index is 12.2. The minimum atomic E-state index is -0.369. The summed E-state index contributed by atoms with van der Waals surface area (Å²) < 4.78 is 11.1. The highest BCUT2D eigenvalue weighted by molar-refractivity contribution is 5.89. The number of ether oxygens (including phenoxy) is 2. The summed E-state index contributed by atoms with van der Waals surface area (Å²) in [5.74, 6) is 0.120. The van der Waals surface area contributed by atoms with Gasteiger partial charge >= 0.3 is 5.97 Å². The Labute approximate surface area is 142 Å². The second kappa shape index (κ2) is 7.34. The Morgan fingerprint density at radius 2 is 2.08 bits per heavy atom. The van der Waals surface area contributed by atoms with Crippen LogP contribution in [0.4, 0.5) is 5.69 Å². The summed E-state index contributed by atoms with van der Waals surface area (Å²) >= 11 is 0. The number of hydrogen-bond acceptors (Lipinski definition) is 5. The molecule has 1 fully saturated rings. The highest BCUT2D eigenvalue weighted by Crippen LogP contribution is 2.24. The van der Waals surface area contributed by atoms with Crippen LogP contribution < -0.4 is 9.64 Å². The molecule has 0 amide bonds. The fraction of sp³-hybridized carbons (Fsp3) is 0.368. The van der Waals surface area contributed by atoms with Crippen molar-refractivity contribution in [2.45, 2.75) is 32.0 Å². The van der Waals surface area contributed by atoms with Gasteiger partial charge in [0, 0.05) is 32.0 Å². The number of nitrogens with zero attached hydrogens (tertiary/aromatic N) is 2. The standard InChI is InChI=1S/C19H22N2O3/c1-21(2)16-6-3-5-14(11-16)13-23-19(22)15-9-10-20-18(12-15)24-17-7-4-8-17/h3,5-6,9-12,17H,4,7-8,13H2,1-2H3. The maximum Gasteiger partial charge on any atom is 0.338 e. The van der Waals surface area contributed by atoms with Gasteiger partial charge in [0.25, 0.3) is 0 Å². The molecule has 0 spiro atoms. The summed E-state index contributed by atoms with van der Waals surface area (Å²) in [7, 11) is 3.96. The van der Waals surface area contributed by atoms with Gasteiger partial charge in [0.15, 0.2) is 0 Å². The number of benzene rings is 1. The lowest BCUT2D eigenvalue weighted by atomic mass is 9.96. The van der Waals surface area contributed by atoms with Gasteiger partial charge in [-0.3, -0.25) is 0 Å². The zero-order chi connectivity index (χ0) is 16.9. The summed E-state index contributed by atoms with van der Waals surface area (Å²) in [5, 5.41) is 0. The molecule has 1 saturated carbocycles. The molecule has 1 heterocycles. The van der Waals surface area contributed by atoms with Crippen LogP contribution >= 0.6 is 0 Å². The predicted molar refractivity (Wildman–Crippen MR) is 92.4 cm³/mol. The molecule has 0 atom stereocenters. The highest BCUT2D eigenvalue weighted by Gasteiger charge is 2.20. The van der Waals surface area contributed by atoms with E-state index < -0.39 is 0 Å². The van der Waals surface area contributed by atoms with Crippen molar-refractivity contribution in [3.05, 3.63) is 53.7 Å². The molecular weight excluding hydrogens is 304 g/mol. The van der Waals surface area contributed by atoms with Gasteiger partial charge in [-0.05, 0) is 43.0 Å². The van der Waals surface area contributed by atoms with Gasteiger partial charge < -0.3 is 14.4 Å². The van der Waals surface area contributed by atoms with E-state index in [0.717, 1.165) is 24.1 Å². The molecule has 0 aliphatic heterocycles. The molecule has 0 unspecified atom stereocenters. The molecule has 24 heavy (non-hydrogen) atoms. The first kappa shape index (κ1) is 16.3. The Balaban J connectivity index is 1.60. The van der Waals surface area contributed by atoms with Crippen LogP contribution in [0.2, 0.25) is 0 Å². The third-order valence-corrected chi connectivity index (χ3v) is 4.11. The summed E-state index contributed by atoms with van der Waals surface area (Å²) in [6.07, 6.45) is 5.12. The molecule has 0 N–H and O–H groups in total. The Kier molecular flexibility index (Phi) is 4.99. The number of rotatable bonds is 6. The van der Waals surface area contributed by atoms with Crippen LogP contribution in [0.1, 0.15) is 35.2 Å². The average molecular weight is 326 g/mol. The van der Waals surface area contributed by atoms with E-state index in [1.54, 1.807) is 18.3 Å². The van der Waals surface area contributed by atoms with Crippen molar-refractivity contribution in [3.8, 4) is 5.88 Å². The zero-order valence-electron chi connectivity index (χ0n) is 14.1. The molecule has 1 aliphatic rings. The van der Waals surface area contributed by atoms with E-state index in [1.165, 1.54) is 6.42 Å². The van der Waals surface area contributed by atoms with Crippen LogP contribution in [0.5, 0.6) is 5.88 Å². The summed E-state index contributed by atoms with van der Waals surface area (Å²) in [5.41, 5.74) is 2.49. The smallest absolute Gasteiger partial charge is 0.338 e. The monoisotopic (exact) mass is 326 g/mol. The maximum absolute atomic E-state index is 12.2. The molecule has 1 aromatic carbocycles. The highest BCUT2D eigenvalue weighted by atomic mass is 16.5. The van der Waals surface area contributed by atoms with Crippen molar-refractivity contribution < 1.29 is 14.3 Å². The lowest BCUT2D eigenvalue weighted by Gasteiger charge is -2.25. The van der Waals surface area contributed by atoms with Crippen molar-refractivity contribution >= 4 is 11.7 Å². The first-order valence-electron chi connectivity index (χ1n) is 8.18. The van der Waals surface area contributed by atoms with Gasteiger partial charge in [0.1, 0.15) is 12.7 Å². The molecule has 0 bridgehead atoms. The van der Waals surface area contributed by atoms with E-state index in [2.05, 4.69) is 4.98 Å². The van der Waals surface area contributed by atoms with Gasteiger partial charge in [-0.25, -0.2) is 9.78 Å². The number of aromatic nitrogens is 1. The van der Waals surface area contributed by atoms with Gasteiger partial charge in [0.2, 0.25) is 5.88 Å². The lowest BCUT2D eigenvalue weighted by Crippen LogP contribution is -2.25. The largest absolute Gasteiger partial charge is 0.474 e. The second-order valence-electron chi connectivity index (χ2n) is 6.19. The quantitative estimate of drug-likeness (QED) is 0.761. The molecule has 1 aromatic heterocycles. The SMILES string of the molecule is CN(C)c1cccc(COC(=O)c2ccnc(OC3CCC3)c2)c1. The number of anilines is 1. The van der Waals surface area contributed by atoms with Gasteiger partial charge in [0.05, 0.1) is 5.56 Å². The number of carbonyl (C=O) groups excluding carboxylic acids is 1. The third kappa shape index (κ3) is 4.04. The summed E-state index contributed by atoms with van der Waals surface area (Å²) in [6.45, 7) is 0.238. The number of hydrogen-bond donors (Lipinski definition) is 0. The molecule has 5 heteroatoms. The Morgan fingerprint density at radius 1 is 1.25 bits per heavy atom. The minimum Gasteiger partial charge on any atom is -0.474 e. The average Bonchev–Trinajstić information content (AvgIpc) is 2.56. The number of esters is 1. The van der Waals surface area contributed by atoms with Gasteiger partial charge in [-0.15, -0.1) is 0 Å². The number of carbonyl (C=O) groups is 1. The first-order valence-corrected chi connectivity index (χ1v) is 8.18. The molecular formula is C19H22N2O3. The van der Waals surface area contributed by atoms with Crippen LogP contribution in [0.15, 0.2) is 42.6 Å². The van der Waals surface area contributed by atoms with Crippen LogP contribution in [-0.4, -0.2) is 31.2 Å². The molecule has 5 nitrogen and oxygen atoms in total. The van der Waals surface area contributed by atoms with Crippen LogP contribution in [-0.2, 0) is 11.3 Å². The Bertz CT molecular complexity index is 711. The molecule has 126 valence electrons. The van der Waals surface area contributed by atoms with Crippen molar-refractivity contribution in [2.75, 3.05) is 19.0 Å². The fourth-order valence-corrected chi connectivity index (χ4v) is 2.42. The van der Waals surface area contributed by atoms with Crippen molar-refractivity contribution in [1.29, 1.82) is 0 Å². The zero-order valence-corrected chi connectivity index (χ0v) is 14.1. The molecule has 2 aromatic rings. The van der Waals surface area contributed by atoms with Gasteiger partial charge in [-0.2, -0.15) is 0 Å². The van der Waals surface area contributed by atoms with Crippen LogP contribution in [0, 0.1) is 0 Å². The first-order chi connectivity index (χ1) is 11.6. The Morgan fingerprint density at radius 3 is 2.79 bits per heavy atom. The van der Waals surface area contributed by atoms with E-state index in [1.807, 2.05) is 43.3 Å². The third-order valence-electron chi connectivity index (χ3n) is 4.11. The van der Waals surface area contributed by atoms with Crippen molar-refractivity contribution in [3.63, 3.8) is 0 Å². The van der Waals surface area contributed by atoms with Crippen LogP contribution in [0.25, 0.3) is 0 Å². The van der Waals surface area contributed by atoms with E-state index in [0.29, 0.717) is 11.4 Å². The molecule has 3 rings (SSSR count). The second-order valence-corrected chi connectivity index (χ2v) is 6.19. The predicted octanol–water partition coefficient (Wildman–Crippen LogP) is 3.44. The minimum absolute atomic E-state index is 0.234. The van der Waals surface area contributed by atoms with Crippen molar-refractivity contribution in [2.24, 2.45) is 0 Å². The van der Waals surface area contributed by atoms with E-state index in [-0.39, 0.29) is 18.7 Å². The lowest BCUT2D eigenvalue weighted by molar-refractivity contribution is 0.0470. The molecule has 0 radical (unpaired) electrons. The summed E-state index contributed by atoms with van der Waals surface area (Å²) in [4.78, 5) is 18.4. The number of pyridine rings is 1. The molecule has 0 saturated heterocycles. The van der Waals surface area contributed by atoms with E-state index >= 15 is 0 Å². The normalized spacial score (nSPS) is 13.9. The fourth-order valence-electron chi connectivity index (χ4n) is 2.42.